The minimum Gasteiger partial charge on any atom is -0.447 e. The Hall–Kier alpha value is -3.65. The predicted octanol–water partition coefficient (Wildman–Crippen LogP) is 5.06. The molecule has 0 radical (unpaired) electrons. The number of halogens is 4. The van der Waals surface area contributed by atoms with Crippen molar-refractivity contribution < 1.29 is 41.4 Å². The third-order valence-corrected chi connectivity index (χ3v) is 5.98. The SMILES string of the molecule is CC(C)(C)OC(=O)N1C[C@@H](NC(=O)c2cc3ccc(Cl)cc3cn2)CC[C@@H]1c1nnc(OCCOC(F)(F)F)o1. The molecule has 0 saturated carbocycles. The molecule has 1 aromatic carbocycles. The molecule has 2 atom stereocenters. The number of benzene rings is 1. The Bertz CT molecular complexity index is 1360. The molecule has 0 aliphatic carbocycles. The van der Waals surface area contributed by atoms with E-state index in [1.807, 2.05) is 0 Å². The van der Waals surface area contributed by atoms with Gasteiger partial charge in [-0.15, -0.1) is 18.3 Å². The lowest BCUT2D eigenvalue weighted by molar-refractivity contribution is -0.325. The quantitative estimate of drug-likeness (QED) is 0.378. The second-order valence-electron chi connectivity index (χ2n) is 10.0. The molecule has 40 heavy (non-hydrogen) atoms. The topological polar surface area (TPSA) is 129 Å². The van der Waals surface area contributed by atoms with Gasteiger partial charge in [0.05, 0.1) is 6.61 Å². The Balaban J connectivity index is 1.44. The van der Waals surface area contributed by atoms with Gasteiger partial charge in [-0.05, 0) is 57.2 Å². The highest BCUT2D eigenvalue weighted by molar-refractivity contribution is 6.31. The van der Waals surface area contributed by atoms with E-state index in [-0.39, 0.29) is 24.2 Å². The van der Waals surface area contributed by atoms with Gasteiger partial charge in [-0.1, -0.05) is 22.8 Å². The second-order valence-corrected chi connectivity index (χ2v) is 10.4. The van der Waals surface area contributed by atoms with Crippen molar-refractivity contribution in [2.24, 2.45) is 0 Å². The van der Waals surface area contributed by atoms with E-state index < -0.39 is 49.3 Å². The Labute approximate surface area is 231 Å². The Morgan fingerprint density at radius 2 is 1.90 bits per heavy atom. The highest BCUT2D eigenvalue weighted by Gasteiger charge is 2.39. The van der Waals surface area contributed by atoms with Crippen LogP contribution >= 0.6 is 11.6 Å². The fourth-order valence-corrected chi connectivity index (χ4v) is 4.24. The number of alkyl halides is 3. The van der Waals surface area contributed by atoms with Crippen LogP contribution in [0.1, 0.15) is 56.0 Å². The average Bonchev–Trinajstić information content (AvgIpc) is 3.33. The van der Waals surface area contributed by atoms with Crippen molar-refractivity contribution in [1.29, 1.82) is 0 Å². The van der Waals surface area contributed by atoms with E-state index in [0.717, 1.165) is 10.8 Å². The summed E-state index contributed by atoms with van der Waals surface area (Å²) in [4.78, 5) is 31.7. The van der Waals surface area contributed by atoms with Crippen LogP contribution in [0.2, 0.25) is 5.02 Å². The van der Waals surface area contributed by atoms with Crippen molar-refractivity contribution in [3.05, 3.63) is 47.1 Å². The van der Waals surface area contributed by atoms with Gasteiger partial charge in [0.1, 0.15) is 23.9 Å². The smallest absolute Gasteiger partial charge is 0.447 e. The summed E-state index contributed by atoms with van der Waals surface area (Å²) in [7, 11) is 0. The number of carbonyl (C=O) groups is 2. The van der Waals surface area contributed by atoms with Gasteiger partial charge in [0.2, 0.25) is 5.89 Å². The molecule has 1 aliphatic rings. The lowest BCUT2D eigenvalue weighted by Gasteiger charge is -2.38. The van der Waals surface area contributed by atoms with Crippen LogP contribution in [0.15, 0.2) is 34.9 Å². The summed E-state index contributed by atoms with van der Waals surface area (Å²) in [5, 5.41) is 12.6. The number of likely N-dealkylation sites (tertiary alicyclic amines) is 1. The molecule has 1 fully saturated rings. The molecule has 1 saturated heterocycles. The monoisotopic (exact) mass is 585 g/mol. The first-order valence-electron chi connectivity index (χ1n) is 12.3. The number of amides is 2. The number of piperidine rings is 1. The van der Waals surface area contributed by atoms with Gasteiger partial charge in [-0.2, -0.15) is 0 Å². The summed E-state index contributed by atoms with van der Waals surface area (Å²) in [6.45, 7) is 3.95. The van der Waals surface area contributed by atoms with Gasteiger partial charge in [-0.25, -0.2) is 4.79 Å². The molecule has 2 aromatic heterocycles. The van der Waals surface area contributed by atoms with Gasteiger partial charge in [0, 0.05) is 29.2 Å². The average molecular weight is 586 g/mol. The van der Waals surface area contributed by atoms with Crippen LogP contribution in [0.25, 0.3) is 10.8 Å². The normalized spacial score (nSPS) is 18.0. The Kier molecular flexibility index (Phi) is 8.68. The molecule has 3 aromatic rings. The summed E-state index contributed by atoms with van der Waals surface area (Å²) < 4.78 is 56.1. The van der Waals surface area contributed by atoms with Crippen LogP contribution in [0.3, 0.4) is 0 Å². The van der Waals surface area contributed by atoms with Crippen molar-refractivity contribution in [2.45, 2.75) is 57.7 Å². The second kappa shape index (κ2) is 11.8. The first-order valence-corrected chi connectivity index (χ1v) is 12.7. The minimum atomic E-state index is -4.79. The van der Waals surface area contributed by atoms with Gasteiger partial charge in [0.25, 0.3) is 5.91 Å². The van der Waals surface area contributed by atoms with Crippen LogP contribution in [0, 0.1) is 0 Å². The van der Waals surface area contributed by atoms with Crippen LogP contribution in [0.4, 0.5) is 18.0 Å². The molecule has 4 rings (SSSR count). The molecular formula is C25H27ClF3N5O6. The van der Waals surface area contributed by atoms with E-state index in [4.69, 9.17) is 25.5 Å². The molecule has 0 spiro atoms. The summed E-state index contributed by atoms with van der Waals surface area (Å²) in [5.41, 5.74) is -0.605. The van der Waals surface area contributed by atoms with Crippen LogP contribution < -0.4 is 10.1 Å². The zero-order chi connectivity index (χ0) is 29.1. The molecule has 216 valence electrons. The van der Waals surface area contributed by atoms with Crippen molar-refractivity contribution in [3.63, 3.8) is 0 Å². The fraction of sp³-hybridized carbons (Fsp3) is 0.480. The maximum Gasteiger partial charge on any atom is 0.522 e. The van der Waals surface area contributed by atoms with Crippen molar-refractivity contribution in [3.8, 4) is 6.08 Å². The highest BCUT2D eigenvalue weighted by atomic mass is 35.5. The van der Waals surface area contributed by atoms with Crippen molar-refractivity contribution in [2.75, 3.05) is 19.8 Å². The van der Waals surface area contributed by atoms with E-state index in [2.05, 4.69) is 25.2 Å². The van der Waals surface area contributed by atoms with Gasteiger partial charge < -0.3 is 19.2 Å². The van der Waals surface area contributed by atoms with Crippen LogP contribution in [-0.4, -0.2) is 69.8 Å². The standard InChI is InChI=1S/C25H27ClF3N5O6/c1-24(2,3)40-23(36)34-13-17(31-20(35)18-11-14-4-5-16(26)10-15(14)12-30-18)6-7-19(34)21-32-33-22(39-21)37-8-9-38-25(27,28)29/h4-5,10-12,17,19H,6-9,13H2,1-3H3,(H,31,35)/t17-,19+/m0/s1. The van der Waals surface area contributed by atoms with E-state index in [1.165, 1.54) is 4.90 Å². The zero-order valence-electron chi connectivity index (χ0n) is 21.8. The third kappa shape index (κ3) is 7.94. The molecule has 0 bridgehead atoms. The number of carbonyl (C=O) groups excluding carboxylic acids is 2. The molecule has 3 heterocycles. The molecule has 15 heteroatoms. The van der Waals surface area contributed by atoms with Crippen molar-refractivity contribution in [1.82, 2.24) is 25.4 Å². The number of fused-ring (bicyclic) bond motifs is 1. The van der Waals surface area contributed by atoms with Gasteiger partial charge in [0.15, 0.2) is 0 Å². The summed E-state index contributed by atoms with van der Waals surface area (Å²) in [6.07, 6.45) is -3.52. The number of nitrogens with zero attached hydrogens (tertiary/aromatic N) is 4. The lowest BCUT2D eigenvalue weighted by atomic mass is 9.98. The first kappa shape index (κ1) is 29.3. The summed E-state index contributed by atoms with van der Waals surface area (Å²) in [5.74, 6) is -0.406. The van der Waals surface area contributed by atoms with E-state index >= 15 is 0 Å². The number of ether oxygens (including phenoxy) is 3. The Morgan fingerprint density at radius 1 is 1.12 bits per heavy atom. The van der Waals surface area contributed by atoms with E-state index in [0.29, 0.717) is 17.9 Å². The number of hydrogen-bond donors (Lipinski definition) is 1. The summed E-state index contributed by atoms with van der Waals surface area (Å²) in [6, 6.07) is 5.74. The van der Waals surface area contributed by atoms with Gasteiger partial charge in [-0.3, -0.25) is 19.4 Å². The third-order valence-electron chi connectivity index (χ3n) is 5.74. The molecule has 1 aliphatic heterocycles. The molecule has 0 unspecified atom stereocenters. The number of pyridine rings is 1. The number of aromatic nitrogens is 3. The Morgan fingerprint density at radius 3 is 2.62 bits per heavy atom. The number of nitrogens with one attached hydrogen (secondary N) is 1. The van der Waals surface area contributed by atoms with Crippen LogP contribution in [0.5, 0.6) is 6.08 Å². The minimum absolute atomic E-state index is 0.0113. The zero-order valence-corrected chi connectivity index (χ0v) is 22.6. The van der Waals surface area contributed by atoms with Crippen molar-refractivity contribution >= 4 is 34.4 Å². The highest BCUT2D eigenvalue weighted by Crippen LogP contribution is 2.33. The summed E-state index contributed by atoms with van der Waals surface area (Å²) >= 11 is 6.02. The fourth-order valence-electron chi connectivity index (χ4n) is 4.06. The predicted molar refractivity (Wildman–Crippen MR) is 135 cm³/mol. The maximum absolute atomic E-state index is 13.1. The van der Waals surface area contributed by atoms with Crippen LogP contribution in [-0.2, 0) is 9.47 Å². The lowest BCUT2D eigenvalue weighted by Crippen LogP contribution is -2.52. The molecule has 2 amide bonds. The number of rotatable bonds is 7. The molecular weight excluding hydrogens is 559 g/mol. The number of hydrogen-bond acceptors (Lipinski definition) is 9. The van der Waals surface area contributed by atoms with E-state index in [9.17, 15) is 22.8 Å². The molecule has 11 nitrogen and oxygen atoms in total. The first-order chi connectivity index (χ1) is 18.8. The van der Waals surface area contributed by atoms with Gasteiger partial charge >= 0.3 is 18.5 Å². The largest absolute Gasteiger partial charge is 0.522 e. The molecule has 1 N–H and O–H groups in total. The maximum atomic E-state index is 13.1. The van der Waals surface area contributed by atoms with E-state index in [1.54, 1.807) is 51.2 Å².